The fourth-order valence-electron chi connectivity index (χ4n) is 1.20. The monoisotopic (exact) mass is 232 g/mol. The molecule has 0 aliphatic heterocycles. The molecule has 0 aromatic rings. The molecule has 0 N–H and O–H groups in total. The van der Waals surface area contributed by atoms with E-state index in [-0.39, 0.29) is 12.2 Å². The topological polar surface area (TPSA) is 51.2 Å². The Morgan fingerprint density at radius 1 is 1.33 bits per heavy atom. The summed E-state index contributed by atoms with van der Waals surface area (Å²) in [6, 6.07) is 0. The number of alkyl halides is 1. The van der Waals surface area contributed by atoms with Crippen LogP contribution in [-0.2, 0) is 14.4 Å². The minimum Gasteiger partial charge on any atom is -0.298 e. The summed E-state index contributed by atoms with van der Waals surface area (Å²) in [5.74, 6) is -1.27. The third-order valence-corrected chi connectivity index (χ3v) is 2.89. The van der Waals surface area contributed by atoms with Crippen molar-refractivity contribution < 1.29 is 14.4 Å². The van der Waals surface area contributed by atoms with Gasteiger partial charge in [0, 0.05) is 11.8 Å². The molecule has 0 saturated heterocycles. The minimum absolute atomic E-state index is 0.146. The van der Waals surface area contributed by atoms with Gasteiger partial charge in [-0.15, -0.1) is 0 Å². The second-order valence-electron chi connectivity index (χ2n) is 3.58. The summed E-state index contributed by atoms with van der Waals surface area (Å²) in [7, 11) is 0. The summed E-state index contributed by atoms with van der Waals surface area (Å²) in [4.78, 5) is 32.6. The van der Waals surface area contributed by atoms with Gasteiger partial charge in [-0.2, -0.15) is 0 Å². The number of halogens is 1. The summed E-state index contributed by atoms with van der Waals surface area (Å²) < 4.78 is 0. The number of ketones is 3. The minimum atomic E-state index is -0.905. The largest absolute Gasteiger partial charge is 0.298 e. The first-order chi connectivity index (χ1) is 5.36. The summed E-state index contributed by atoms with van der Waals surface area (Å²) in [6.45, 7) is 3.23. The summed E-state index contributed by atoms with van der Waals surface area (Å²) >= 11 is 2.89. The third kappa shape index (κ3) is 1.35. The first kappa shape index (κ1) is 9.58. The van der Waals surface area contributed by atoms with Crippen LogP contribution in [0.3, 0.4) is 0 Å². The Kier molecular flexibility index (Phi) is 2.21. The smallest absolute Gasteiger partial charge is 0.220 e. The molecule has 1 atom stereocenters. The fourth-order valence-corrected chi connectivity index (χ4v) is 1.57. The van der Waals surface area contributed by atoms with E-state index in [1.54, 1.807) is 13.8 Å². The van der Waals surface area contributed by atoms with Crippen LogP contribution in [0.5, 0.6) is 0 Å². The lowest BCUT2D eigenvalue weighted by atomic mass is 9.75. The van der Waals surface area contributed by atoms with Gasteiger partial charge in [-0.3, -0.25) is 14.4 Å². The SMILES string of the molecule is CC1(C)CC(=O)C(Br)C(=O)C1=O. The van der Waals surface area contributed by atoms with Gasteiger partial charge in [-0.1, -0.05) is 29.8 Å². The molecule has 1 rings (SSSR count). The standard InChI is InChI=1S/C8H9BrO3/c1-8(2)3-4(10)5(9)6(11)7(8)12/h5H,3H2,1-2H3. The van der Waals surface area contributed by atoms with Crippen molar-refractivity contribution in [3.63, 3.8) is 0 Å². The highest BCUT2D eigenvalue weighted by molar-refractivity contribution is 9.10. The summed E-state index contributed by atoms with van der Waals surface area (Å²) in [5, 5.41) is 0. The van der Waals surface area contributed by atoms with Crippen molar-refractivity contribution >= 4 is 33.3 Å². The third-order valence-electron chi connectivity index (χ3n) is 1.97. The second kappa shape index (κ2) is 2.76. The van der Waals surface area contributed by atoms with Crippen LogP contribution in [0.2, 0.25) is 0 Å². The van der Waals surface area contributed by atoms with Crippen molar-refractivity contribution in [3.8, 4) is 0 Å². The van der Waals surface area contributed by atoms with Gasteiger partial charge in [0.1, 0.15) is 4.83 Å². The zero-order chi connectivity index (χ0) is 9.52. The molecule has 0 aromatic heterocycles. The van der Waals surface area contributed by atoms with Crippen LogP contribution >= 0.6 is 15.9 Å². The normalized spacial score (nSPS) is 29.2. The first-order valence-corrected chi connectivity index (χ1v) is 4.53. The highest BCUT2D eigenvalue weighted by Crippen LogP contribution is 2.30. The number of carbonyl (C=O) groups is 3. The number of hydrogen-bond donors (Lipinski definition) is 0. The van der Waals surface area contributed by atoms with Gasteiger partial charge in [0.2, 0.25) is 11.6 Å². The van der Waals surface area contributed by atoms with Crippen LogP contribution in [-0.4, -0.2) is 22.2 Å². The molecule has 1 aliphatic rings. The van der Waals surface area contributed by atoms with E-state index in [4.69, 9.17) is 0 Å². The molecule has 0 heterocycles. The van der Waals surface area contributed by atoms with Crippen molar-refractivity contribution in [1.82, 2.24) is 0 Å². The lowest BCUT2D eigenvalue weighted by Crippen LogP contribution is -2.46. The Bertz CT molecular complexity index is 267. The summed E-state index contributed by atoms with van der Waals surface area (Å²) in [6.07, 6.45) is 0.146. The highest BCUT2D eigenvalue weighted by atomic mass is 79.9. The van der Waals surface area contributed by atoms with Gasteiger partial charge >= 0.3 is 0 Å². The summed E-state index contributed by atoms with van der Waals surface area (Å²) in [5.41, 5.74) is -0.807. The molecule has 0 bridgehead atoms. The van der Waals surface area contributed by atoms with E-state index >= 15 is 0 Å². The Hall–Kier alpha value is -0.510. The van der Waals surface area contributed by atoms with Gasteiger partial charge in [-0.25, -0.2) is 0 Å². The van der Waals surface area contributed by atoms with Gasteiger partial charge < -0.3 is 0 Å². The Morgan fingerprint density at radius 3 is 2.33 bits per heavy atom. The Morgan fingerprint density at radius 2 is 1.83 bits per heavy atom. The van der Waals surface area contributed by atoms with E-state index in [1.807, 2.05) is 0 Å². The van der Waals surface area contributed by atoms with Gasteiger partial charge in [0.25, 0.3) is 0 Å². The van der Waals surface area contributed by atoms with Gasteiger partial charge in [-0.05, 0) is 0 Å². The van der Waals surface area contributed by atoms with Crippen LogP contribution in [0.1, 0.15) is 20.3 Å². The molecule has 0 amide bonds. The van der Waals surface area contributed by atoms with Crippen molar-refractivity contribution in [2.45, 2.75) is 25.1 Å². The number of hydrogen-bond acceptors (Lipinski definition) is 3. The lowest BCUT2D eigenvalue weighted by Gasteiger charge is -2.27. The van der Waals surface area contributed by atoms with Crippen LogP contribution in [0, 0.1) is 5.41 Å². The zero-order valence-corrected chi connectivity index (χ0v) is 8.47. The van der Waals surface area contributed by atoms with Crippen LogP contribution in [0.25, 0.3) is 0 Å². The number of Topliss-reactive ketones (excluding diaryl/α,β-unsaturated/α-hetero) is 3. The molecule has 0 aromatic carbocycles. The molecule has 1 unspecified atom stereocenters. The van der Waals surface area contributed by atoms with Crippen molar-refractivity contribution in [2.75, 3.05) is 0 Å². The molecule has 12 heavy (non-hydrogen) atoms. The van der Waals surface area contributed by atoms with Crippen LogP contribution in [0.4, 0.5) is 0 Å². The Labute approximate surface area is 78.6 Å². The fraction of sp³-hybridized carbons (Fsp3) is 0.625. The second-order valence-corrected chi connectivity index (χ2v) is 4.50. The molecule has 0 radical (unpaired) electrons. The van der Waals surface area contributed by atoms with Crippen LogP contribution in [0.15, 0.2) is 0 Å². The van der Waals surface area contributed by atoms with Crippen molar-refractivity contribution in [1.29, 1.82) is 0 Å². The maximum atomic E-state index is 11.3. The van der Waals surface area contributed by atoms with Crippen molar-refractivity contribution in [2.24, 2.45) is 5.41 Å². The number of carbonyl (C=O) groups excluding carboxylic acids is 3. The van der Waals surface area contributed by atoms with Crippen LogP contribution < -0.4 is 0 Å². The highest BCUT2D eigenvalue weighted by Gasteiger charge is 2.45. The maximum absolute atomic E-state index is 11.3. The van der Waals surface area contributed by atoms with E-state index in [1.165, 1.54) is 0 Å². The van der Waals surface area contributed by atoms with Crippen molar-refractivity contribution in [3.05, 3.63) is 0 Å². The lowest BCUT2D eigenvalue weighted by molar-refractivity contribution is -0.147. The Balaban J connectivity index is 3.01. The van der Waals surface area contributed by atoms with Gasteiger partial charge in [0.05, 0.1) is 0 Å². The average Bonchev–Trinajstić information content (AvgIpc) is 1.97. The molecular weight excluding hydrogens is 224 g/mol. The van der Waals surface area contributed by atoms with E-state index in [0.29, 0.717) is 0 Å². The molecule has 3 nitrogen and oxygen atoms in total. The molecule has 66 valence electrons. The molecule has 4 heteroatoms. The quantitative estimate of drug-likeness (QED) is 0.354. The first-order valence-electron chi connectivity index (χ1n) is 3.62. The van der Waals surface area contributed by atoms with E-state index < -0.39 is 21.8 Å². The van der Waals surface area contributed by atoms with Gasteiger partial charge in [0.15, 0.2) is 5.78 Å². The molecule has 0 spiro atoms. The molecule has 1 saturated carbocycles. The molecule has 1 aliphatic carbocycles. The maximum Gasteiger partial charge on any atom is 0.220 e. The molecular formula is C8H9BrO3. The van der Waals surface area contributed by atoms with E-state index in [9.17, 15) is 14.4 Å². The predicted octanol–water partition coefficient (Wildman–Crippen LogP) is 0.887. The van der Waals surface area contributed by atoms with E-state index in [2.05, 4.69) is 15.9 Å². The zero-order valence-electron chi connectivity index (χ0n) is 6.89. The predicted molar refractivity (Wildman–Crippen MR) is 46.1 cm³/mol. The average molecular weight is 233 g/mol. The van der Waals surface area contributed by atoms with E-state index in [0.717, 1.165) is 0 Å². The number of rotatable bonds is 0. The molecule has 1 fully saturated rings.